The number of ether oxygens (including phenoxy) is 1. The summed E-state index contributed by atoms with van der Waals surface area (Å²) in [6.07, 6.45) is 6.63. The van der Waals surface area contributed by atoms with Crippen LogP contribution in [0.2, 0.25) is 0 Å². The second-order valence-corrected chi connectivity index (χ2v) is 6.92. The molecule has 6 heteroatoms. The zero-order chi connectivity index (χ0) is 16.4. The van der Waals surface area contributed by atoms with Crippen LogP contribution in [0.4, 0.5) is 0 Å². The molecule has 6 nitrogen and oxygen atoms in total. The standard InChI is InChI=1S/C17H28N4O2/c1-12(23-16-8-4-5-9-16)17(22)20-10-6-7-15(11-20)21-14(3)18-13(2)19-21/h12,15-16H,4-11H2,1-3H3/t12-,15+/m0/s1. The van der Waals surface area contributed by atoms with Crippen LogP contribution < -0.4 is 0 Å². The van der Waals surface area contributed by atoms with Crippen LogP contribution in [0.3, 0.4) is 0 Å². The van der Waals surface area contributed by atoms with Gasteiger partial charge in [0, 0.05) is 13.1 Å². The molecule has 0 spiro atoms. The van der Waals surface area contributed by atoms with Crippen LogP contribution in [0.25, 0.3) is 0 Å². The van der Waals surface area contributed by atoms with Crippen molar-refractivity contribution in [2.24, 2.45) is 0 Å². The Labute approximate surface area is 138 Å². The molecular weight excluding hydrogens is 292 g/mol. The minimum atomic E-state index is -0.338. The Balaban J connectivity index is 1.61. The highest BCUT2D eigenvalue weighted by Crippen LogP contribution is 2.25. The van der Waals surface area contributed by atoms with Crippen molar-refractivity contribution < 1.29 is 9.53 Å². The average molecular weight is 320 g/mol. The molecule has 1 aliphatic carbocycles. The van der Waals surface area contributed by atoms with Gasteiger partial charge in [0.05, 0.1) is 12.1 Å². The topological polar surface area (TPSA) is 60.2 Å². The predicted octanol–water partition coefficient (Wildman–Crippen LogP) is 2.41. The summed E-state index contributed by atoms with van der Waals surface area (Å²) in [5.41, 5.74) is 0. The first-order valence-electron chi connectivity index (χ1n) is 8.88. The van der Waals surface area contributed by atoms with Gasteiger partial charge in [-0.1, -0.05) is 12.8 Å². The summed E-state index contributed by atoms with van der Waals surface area (Å²) in [6, 6.07) is 0.229. The van der Waals surface area contributed by atoms with Crippen LogP contribution in [-0.2, 0) is 9.53 Å². The number of likely N-dealkylation sites (tertiary alicyclic amines) is 1. The molecule has 2 aliphatic rings. The van der Waals surface area contributed by atoms with Gasteiger partial charge >= 0.3 is 0 Å². The molecular formula is C17H28N4O2. The van der Waals surface area contributed by atoms with E-state index in [1.54, 1.807) is 0 Å². The summed E-state index contributed by atoms with van der Waals surface area (Å²) >= 11 is 0. The molecule has 1 aliphatic heterocycles. The van der Waals surface area contributed by atoms with Crippen molar-refractivity contribution in [2.45, 2.75) is 77.5 Å². The maximum absolute atomic E-state index is 12.7. The van der Waals surface area contributed by atoms with Crippen molar-refractivity contribution in [3.05, 3.63) is 11.6 Å². The molecule has 128 valence electrons. The fourth-order valence-corrected chi connectivity index (χ4v) is 3.86. The molecule has 0 bridgehead atoms. The third-order valence-corrected chi connectivity index (χ3v) is 5.01. The van der Waals surface area contributed by atoms with Crippen molar-refractivity contribution in [2.75, 3.05) is 13.1 Å². The number of nitrogens with zero attached hydrogens (tertiary/aromatic N) is 4. The lowest BCUT2D eigenvalue weighted by atomic mass is 10.1. The van der Waals surface area contributed by atoms with E-state index in [4.69, 9.17) is 4.74 Å². The van der Waals surface area contributed by atoms with Crippen LogP contribution in [-0.4, -0.2) is 50.9 Å². The van der Waals surface area contributed by atoms with Crippen LogP contribution in [0.5, 0.6) is 0 Å². The quantitative estimate of drug-likeness (QED) is 0.855. The summed E-state index contributed by atoms with van der Waals surface area (Å²) < 4.78 is 7.95. The summed E-state index contributed by atoms with van der Waals surface area (Å²) in [4.78, 5) is 19.0. The number of carbonyl (C=O) groups is 1. The molecule has 0 aromatic carbocycles. The minimum absolute atomic E-state index is 0.121. The molecule has 1 amide bonds. The van der Waals surface area contributed by atoms with Gasteiger partial charge in [-0.05, 0) is 46.5 Å². The van der Waals surface area contributed by atoms with Crippen molar-refractivity contribution >= 4 is 5.91 Å². The van der Waals surface area contributed by atoms with Crippen molar-refractivity contribution in [1.82, 2.24) is 19.7 Å². The molecule has 0 N–H and O–H groups in total. The van der Waals surface area contributed by atoms with Gasteiger partial charge in [0.2, 0.25) is 0 Å². The first-order valence-corrected chi connectivity index (χ1v) is 8.88. The van der Waals surface area contributed by atoms with Gasteiger partial charge in [-0.2, -0.15) is 5.10 Å². The Morgan fingerprint density at radius 3 is 2.61 bits per heavy atom. The summed E-state index contributed by atoms with van der Waals surface area (Å²) in [7, 11) is 0. The first kappa shape index (κ1) is 16.4. The summed E-state index contributed by atoms with van der Waals surface area (Å²) in [5.74, 6) is 1.84. The number of aromatic nitrogens is 3. The van der Waals surface area contributed by atoms with Gasteiger partial charge in [-0.15, -0.1) is 0 Å². The average Bonchev–Trinajstić information content (AvgIpc) is 3.16. The number of carbonyl (C=O) groups excluding carboxylic acids is 1. The lowest BCUT2D eigenvalue weighted by Gasteiger charge is -2.35. The van der Waals surface area contributed by atoms with Crippen LogP contribution in [0.1, 0.15) is 63.1 Å². The fraction of sp³-hybridized carbons (Fsp3) is 0.824. The normalized spacial score (nSPS) is 24.1. The van der Waals surface area contributed by atoms with E-state index in [1.807, 2.05) is 30.4 Å². The van der Waals surface area contributed by atoms with Crippen LogP contribution >= 0.6 is 0 Å². The van der Waals surface area contributed by atoms with Crippen molar-refractivity contribution in [1.29, 1.82) is 0 Å². The highest BCUT2D eigenvalue weighted by molar-refractivity contribution is 5.80. The van der Waals surface area contributed by atoms with E-state index in [1.165, 1.54) is 12.8 Å². The van der Waals surface area contributed by atoms with E-state index in [2.05, 4.69) is 10.1 Å². The van der Waals surface area contributed by atoms with E-state index < -0.39 is 0 Å². The summed E-state index contributed by atoms with van der Waals surface area (Å²) in [5, 5.41) is 4.49. The van der Waals surface area contributed by atoms with E-state index >= 15 is 0 Å². The third kappa shape index (κ3) is 3.74. The second-order valence-electron chi connectivity index (χ2n) is 6.92. The van der Waals surface area contributed by atoms with Gasteiger partial charge in [0.15, 0.2) is 0 Å². The molecule has 1 aromatic heterocycles. The van der Waals surface area contributed by atoms with Gasteiger partial charge < -0.3 is 9.64 Å². The highest BCUT2D eigenvalue weighted by Gasteiger charge is 2.30. The lowest BCUT2D eigenvalue weighted by Crippen LogP contribution is -2.46. The molecule has 3 rings (SSSR count). The third-order valence-electron chi connectivity index (χ3n) is 5.01. The largest absolute Gasteiger partial charge is 0.365 e. The highest BCUT2D eigenvalue weighted by atomic mass is 16.5. The van der Waals surface area contributed by atoms with Crippen LogP contribution in [0.15, 0.2) is 0 Å². The number of piperidine rings is 1. The number of aryl methyl sites for hydroxylation is 2. The maximum atomic E-state index is 12.7. The number of hydrogen-bond donors (Lipinski definition) is 0. The smallest absolute Gasteiger partial charge is 0.251 e. The molecule has 1 saturated carbocycles. The Morgan fingerprint density at radius 2 is 1.96 bits per heavy atom. The van der Waals surface area contributed by atoms with Crippen molar-refractivity contribution in [3.63, 3.8) is 0 Å². The van der Waals surface area contributed by atoms with E-state index in [0.29, 0.717) is 6.54 Å². The number of amides is 1. The lowest BCUT2D eigenvalue weighted by molar-refractivity contribution is -0.147. The zero-order valence-corrected chi connectivity index (χ0v) is 14.5. The van der Waals surface area contributed by atoms with Gasteiger partial charge in [-0.25, -0.2) is 9.67 Å². The molecule has 1 aromatic rings. The zero-order valence-electron chi connectivity index (χ0n) is 14.5. The Bertz CT molecular complexity index is 551. The van der Waals surface area contributed by atoms with E-state index in [-0.39, 0.29) is 24.2 Å². The molecule has 2 heterocycles. The fourth-order valence-electron chi connectivity index (χ4n) is 3.86. The van der Waals surface area contributed by atoms with E-state index in [0.717, 1.165) is 43.9 Å². The second kappa shape index (κ2) is 6.99. The Morgan fingerprint density at radius 1 is 1.22 bits per heavy atom. The molecule has 2 fully saturated rings. The molecule has 0 unspecified atom stereocenters. The monoisotopic (exact) mass is 320 g/mol. The predicted molar refractivity (Wildman–Crippen MR) is 87.2 cm³/mol. The SMILES string of the molecule is Cc1nc(C)n([C@@H]2CCCN(C(=O)[C@H](C)OC3CCCC3)C2)n1. The minimum Gasteiger partial charge on any atom is -0.365 e. The van der Waals surface area contributed by atoms with E-state index in [9.17, 15) is 4.79 Å². The molecule has 1 saturated heterocycles. The van der Waals surface area contributed by atoms with Gasteiger partial charge in [0.1, 0.15) is 17.8 Å². The van der Waals surface area contributed by atoms with Gasteiger partial charge in [-0.3, -0.25) is 4.79 Å². The van der Waals surface area contributed by atoms with Crippen LogP contribution in [0, 0.1) is 13.8 Å². The van der Waals surface area contributed by atoms with Crippen molar-refractivity contribution in [3.8, 4) is 0 Å². The molecule has 0 radical (unpaired) electrons. The first-order chi connectivity index (χ1) is 11.0. The molecule has 23 heavy (non-hydrogen) atoms. The number of hydrogen-bond acceptors (Lipinski definition) is 4. The Hall–Kier alpha value is -1.43. The maximum Gasteiger partial charge on any atom is 0.251 e. The molecule has 2 atom stereocenters. The summed E-state index contributed by atoms with van der Waals surface area (Å²) in [6.45, 7) is 7.32. The van der Waals surface area contributed by atoms with Gasteiger partial charge in [0.25, 0.3) is 5.91 Å². The number of rotatable bonds is 4. The Kier molecular flexibility index (Phi) is 4.99.